The third kappa shape index (κ3) is 4.05. The van der Waals surface area contributed by atoms with Crippen LogP contribution in [-0.4, -0.2) is 16.8 Å². The molecule has 0 fully saturated rings. The smallest absolute Gasteiger partial charge is 0.157 e. The van der Waals surface area contributed by atoms with Crippen molar-refractivity contribution in [3.05, 3.63) is 108 Å². The van der Waals surface area contributed by atoms with Crippen LogP contribution in [-0.2, 0) is 12.8 Å². The number of phenols is 2. The Morgan fingerprint density at radius 2 is 1.23 bits per heavy atom. The van der Waals surface area contributed by atoms with Gasteiger partial charge in [0.15, 0.2) is 11.5 Å². The number of phenolic OH excluding ortho intramolecular Hbond substituents is 2. The SMILES string of the molecule is Oc1cc2c(cc1O)C(Cc1ccc(-c3ccc(-c4ccccc4)cc3)cc1)NCC2. The summed E-state index contributed by atoms with van der Waals surface area (Å²) in [6, 6.07) is 31.3. The van der Waals surface area contributed by atoms with Crippen LogP contribution in [0.25, 0.3) is 22.3 Å². The summed E-state index contributed by atoms with van der Waals surface area (Å²) in [6.45, 7) is 0.869. The maximum Gasteiger partial charge on any atom is 0.157 e. The van der Waals surface area contributed by atoms with Crippen molar-refractivity contribution in [1.29, 1.82) is 0 Å². The Morgan fingerprint density at radius 1 is 0.677 bits per heavy atom. The van der Waals surface area contributed by atoms with Crippen molar-refractivity contribution >= 4 is 0 Å². The minimum atomic E-state index is -0.0539. The molecule has 0 radical (unpaired) electrons. The maximum atomic E-state index is 9.94. The van der Waals surface area contributed by atoms with Gasteiger partial charge in [-0.05, 0) is 70.5 Å². The van der Waals surface area contributed by atoms with Crippen LogP contribution in [0, 0.1) is 0 Å². The zero-order valence-corrected chi connectivity index (χ0v) is 17.3. The van der Waals surface area contributed by atoms with Crippen molar-refractivity contribution in [1.82, 2.24) is 5.32 Å². The lowest BCUT2D eigenvalue weighted by atomic mass is 9.89. The fourth-order valence-corrected chi connectivity index (χ4v) is 4.40. The summed E-state index contributed by atoms with van der Waals surface area (Å²) in [7, 11) is 0. The van der Waals surface area contributed by atoms with E-state index in [2.05, 4.69) is 78.1 Å². The predicted octanol–water partition coefficient (Wildman–Crippen LogP) is 5.86. The normalized spacial score (nSPS) is 15.4. The van der Waals surface area contributed by atoms with Crippen molar-refractivity contribution in [2.75, 3.05) is 6.54 Å². The standard InChI is InChI=1S/C28H25NO2/c30-27-17-24-14-15-29-26(25(24)18-28(27)31)16-19-6-8-21(9-7-19)23-12-10-22(11-13-23)20-4-2-1-3-5-20/h1-13,17-18,26,29-31H,14-16H2. The van der Waals surface area contributed by atoms with Gasteiger partial charge in [-0.15, -0.1) is 0 Å². The second-order valence-corrected chi connectivity index (χ2v) is 8.14. The van der Waals surface area contributed by atoms with Gasteiger partial charge in [0.1, 0.15) is 0 Å². The molecule has 0 saturated heterocycles. The zero-order chi connectivity index (χ0) is 21.2. The molecule has 3 heteroatoms. The van der Waals surface area contributed by atoms with Crippen LogP contribution in [0.5, 0.6) is 11.5 Å². The highest BCUT2D eigenvalue weighted by Gasteiger charge is 2.22. The van der Waals surface area contributed by atoms with E-state index in [4.69, 9.17) is 0 Å². The highest BCUT2D eigenvalue weighted by Crippen LogP contribution is 2.35. The van der Waals surface area contributed by atoms with Crippen molar-refractivity contribution in [2.45, 2.75) is 18.9 Å². The minimum Gasteiger partial charge on any atom is -0.504 e. The van der Waals surface area contributed by atoms with E-state index in [0.29, 0.717) is 0 Å². The molecule has 154 valence electrons. The van der Waals surface area contributed by atoms with Crippen molar-refractivity contribution in [2.24, 2.45) is 0 Å². The van der Waals surface area contributed by atoms with Gasteiger partial charge in [-0.25, -0.2) is 0 Å². The van der Waals surface area contributed by atoms with Gasteiger partial charge in [-0.3, -0.25) is 0 Å². The average Bonchev–Trinajstić information content (AvgIpc) is 2.82. The van der Waals surface area contributed by atoms with E-state index >= 15 is 0 Å². The van der Waals surface area contributed by atoms with Crippen LogP contribution < -0.4 is 5.32 Å². The molecule has 0 bridgehead atoms. The highest BCUT2D eigenvalue weighted by atomic mass is 16.3. The van der Waals surface area contributed by atoms with Gasteiger partial charge >= 0.3 is 0 Å². The Bertz CT molecular complexity index is 1180. The molecule has 5 rings (SSSR count). The van der Waals surface area contributed by atoms with Gasteiger partial charge in [0.05, 0.1) is 0 Å². The molecule has 4 aromatic carbocycles. The predicted molar refractivity (Wildman–Crippen MR) is 125 cm³/mol. The molecule has 31 heavy (non-hydrogen) atoms. The Balaban J connectivity index is 1.33. The lowest BCUT2D eigenvalue weighted by Crippen LogP contribution is -2.31. The van der Waals surface area contributed by atoms with E-state index in [0.717, 1.165) is 30.5 Å². The fraction of sp³-hybridized carbons (Fsp3) is 0.143. The monoisotopic (exact) mass is 407 g/mol. The van der Waals surface area contributed by atoms with Gasteiger partial charge in [0, 0.05) is 6.04 Å². The molecule has 0 spiro atoms. The molecule has 4 aromatic rings. The lowest BCUT2D eigenvalue weighted by Gasteiger charge is -2.27. The molecular weight excluding hydrogens is 382 g/mol. The number of benzene rings is 4. The number of hydrogen-bond acceptors (Lipinski definition) is 3. The summed E-state index contributed by atoms with van der Waals surface area (Å²) in [5, 5.41) is 23.3. The first-order valence-corrected chi connectivity index (χ1v) is 10.7. The van der Waals surface area contributed by atoms with Crippen LogP contribution in [0.3, 0.4) is 0 Å². The third-order valence-corrected chi connectivity index (χ3v) is 6.12. The van der Waals surface area contributed by atoms with Gasteiger partial charge in [0.2, 0.25) is 0 Å². The topological polar surface area (TPSA) is 52.5 Å². The summed E-state index contributed by atoms with van der Waals surface area (Å²) < 4.78 is 0. The summed E-state index contributed by atoms with van der Waals surface area (Å²) >= 11 is 0. The molecule has 3 nitrogen and oxygen atoms in total. The van der Waals surface area contributed by atoms with Gasteiger partial charge in [-0.2, -0.15) is 0 Å². The number of nitrogens with one attached hydrogen (secondary N) is 1. The quantitative estimate of drug-likeness (QED) is 0.371. The molecule has 0 aliphatic carbocycles. The van der Waals surface area contributed by atoms with E-state index < -0.39 is 0 Å². The van der Waals surface area contributed by atoms with Crippen LogP contribution in [0.2, 0.25) is 0 Å². The first-order valence-electron chi connectivity index (χ1n) is 10.7. The molecule has 1 atom stereocenters. The summed E-state index contributed by atoms with van der Waals surface area (Å²) in [5.74, 6) is -0.0937. The first-order chi connectivity index (χ1) is 15.2. The molecule has 1 heterocycles. The molecule has 0 amide bonds. The van der Waals surface area contributed by atoms with Crippen LogP contribution >= 0.6 is 0 Å². The summed E-state index contributed by atoms with van der Waals surface area (Å²) in [4.78, 5) is 0. The molecule has 3 N–H and O–H groups in total. The van der Waals surface area contributed by atoms with Gasteiger partial charge in [-0.1, -0.05) is 78.9 Å². The molecule has 1 unspecified atom stereocenters. The minimum absolute atomic E-state index is 0.0398. The van der Waals surface area contributed by atoms with Gasteiger partial charge in [0.25, 0.3) is 0 Å². The molecule has 0 aromatic heterocycles. The lowest BCUT2D eigenvalue weighted by molar-refractivity contribution is 0.398. The van der Waals surface area contributed by atoms with Crippen LogP contribution in [0.1, 0.15) is 22.7 Å². The van der Waals surface area contributed by atoms with E-state index in [1.165, 1.54) is 27.8 Å². The Kier molecular flexibility index (Phi) is 5.19. The number of hydrogen-bond donors (Lipinski definition) is 3. The molecular formula is C28H25NO2. The number of aromatic hydroxyl groups is 2. The molecule has 1 aliphatic rings. The van der Waals surface area contributed by atoms with Crippen molar-refractivity contribution < 1.29 is 10.2 Å². The molecule has 1 aliphatic heterocycles. The highest BCUT2D eigenvalue weighted by molar-refractivity contribution is 5.70. The molecule has 0 saturated carbocycles. The van der Waals surface area contributed by atoms with Crippen LogP contribution in [0.15, 0.2) is 91.0 Å². The zero-order valence-electron chi connectivity index (χ0n) is 17.3. The fourth-order valence-electron chi connectivity index (χ4n) is 4.40. The Labute approximate surface area is 182 Å². The summed E-state index contributed by atoms with van der Waals surface area (Å²) in [5.41, 5.74) is 8.26. The Hall–Kier alpha value is -3.56. The maximum absolute atomic E-state index is 9.94. The average molecular weight is 408 g/mol. The number of fused-ring (bicyclic) bond motifs is 1. The second-order valence-electron chi connectivity index (χ2n) is 8.14. The van der Waals surface area contributed by atoms with Crippen molar-refractivity contribution in [3.63, 3.8) is 0 Å². The third-order valence-electron chi connectivity index (χ3n) is 6.12. The number of rotatable bonds is 4. The van der Waals surface area contributed by atoms with Crippen molar-refractivity contribution in [3.8, 4) is 33.8 Å². The Morgan fingerprint density at radius 3 is 1.87 bits per heavy atom. The van der Waals surface area contributed by atoms with Crippen LogP contribution in [0.4, 0.5) is 0 Å². The van der Waals surface area contributed by atoms with E-state index in [1.807, 2.05) is 6.07 Å². The second kappa shape index (κ2) is 8.29. The van der Waals surface area contributed by atoms with E-state index in [9.17, 15) is 10.2 Å². The van der Waals surface area contributed by atoms with Gasteiger partial charge < -0.3 is 15.5 Å². The van der Waals surface area contributed by atoms with E-state index in [-0.39, 0.29) is 17.5 Å². The van der Waals surface area contributed by atoms with E-state index in [1.54, 1.807) is 12.1 Å². The summed E-state index contributed by atoms with van der Waals surface area (Å²) in [6.07, 6.45) is 1.70. The largest absolute Gasteiger partial charge is 0.504 e. The first kappa shape index (κ1) is 19.4.